The molecule has 1 aromatic rings. The van der Waals surface area contributed by atoms with Gasteiger partial charge in [0, 0.05) is 12.6 Å². The maximum atomic E-state index is 12.9. The minimum atomic E-state index is -0.359. The van der Waals surface area contributed by atoms with Gasteiger partial charge in [-0.1, -0.05) is 0 Å². The summed E-state index contributed by atoms with van der Waals surface area (Å²) in [5.74, 6) is 0.00500. The van der Waals surface area contributed by atoms with Crippen LogP contribution in [0.5, 0.6) is 5.75 Å². The third-order valence-electron chi connectivity index (χ3n) is 2.44. The predicted molar refractivity (Wildman–Crippen MR) is 58.6 cm³/mol. The molecule has 2 N–H and O–H groups in total. The summed E-state index contributed by atoms with van der Waals surface area (Å²) in [6.07, 6.45) is 1.02. The third kappa shape index (κ3) is 2.45. The van der Waals surface area contributed by atoms with E-state index >= 15 is 0 Å². The van der Waals surface area contributed by atoms with Gasteiger partial charge in [-0.15, -0.1) is 17.0 Å². The summed E-state index contributed by atoms with van der Waals surface area (Å²) in [4.78, 5) is 0. The lowest BCUT2D eigenvalue weighted by atomic mass is 9.98. The molecule has 1 fully saturated rings. The van der Waals surface area contributed by atoms with Gasteiger partial charge in [-0.25, -0.2) is 4.39 Å². The SMILES string of the molecule is Br.Oc1cc(F)cc(C2CCNC2)c1. The monoisotopic (exact) mass is 261 g/mol. The summed E-state index contributed by atoms with van der Waals surface area (Å²) in [5.41, 5.74) is 0.891. The fraction of sp³-hybridized carbons (Fsp3) is 0.400. The van der Waals surface area contributed by atoms with E-state index in [9.17, 15) is 9.50 Å². The summed E-state index contributed by atoms with van der Waals surface area (Å²) in [6, 6.07) is 4.27. The van der Waals surface area contributed by atoms with Crippen LogP contribution in [0.15, 0.2) is 18.2 Å². The molecule has 1 aliphatic heterocycles. The Morgan fingerprint density at radius 2 is 2.14 bits per heavy atom. The molecule has 0 spiro atoms. The van der Waals surface area contributed by atoms with Crippen LogP contribution in [0.2, 0.25) is 0 Å². The second-order valence-electron chi connectivity index (χ2n) is 3.43. The van der Waals surface area contributed by atoms with Gasteiger partial charge >= 0.3 is 0 Å². The zero-order valence-electron chi connectivity index (χ0n) is 7.66. The Morgan fingerprint density at radius 1 is 1.36 bits per heavy atom. The lowest BCUT2D eigenvalue weighted by molar-refractivity contribution is 0.467. The van der Waals surface area contributed by atoms with Crippen molar-refractivity contribution in [3.8, 4) is 5.75 Å². The quantitative estimate of drug-likeness (QED) is 0.813. The molecule has 0 saturated carbocycles. The van der Waals surface area contributed by atoms with Crippen LogP contribution in [0.3, 0.4) is 0 Å². The first-order chi connectivity index (χ1) is 6.25. The number of aromatic hydroxyl groups is 1. The van der Waals surface area contributed by atoms with Crippen molar-refractivity contribution < 1.29 is 9.50 Å². The van der Waals surface area contributed by atoms with Crippen molar-refractivity contribution in [3.05, 3.63) is 29.6 Å². The van der Waals surface area contributed by atoms with Crippen molar-refractivity contribution in [3.63, 3.8) is 0 Å². The van der Waals surface area contributed by atoms with Gasteiger partial charge < -0.3 is 10.4 Å². The van der Waals surface area contributed by atoms with E-state index in [1.54, 1.807) is 6.07 Å². The molecule has 2 nitrogen and oxygen atoms in total. The lowest BCUT2D eigenvalue weighted by Gasteiger charge is -2.08. The Bertz CT molecular complexity index is 293. The zero-order valence-corrected chi connectivity index (χ0v) is 9.38. The number of phenolic OH excluding ortho intramolecular Hbond substituents is 1. The van der Waals surface area contributed by atoms with E-state index in [2.05, 4.69) is 5.32 Å². The topological polar surface area (TPSA) is 32.3 Å². The van der Waals surface area contributed by atoms with Gasteiger partial charge in [-0.05, 0) is 36.6 Å². The number of hydrogen-bond acceptors (Lipinski definition) is 2. The molecule has 1 unspecified atom stereocenters. The van der Waals surface area contributed by atoms with Crippen molar-refractivity contribution in [2.75, 3.05) is 13.1 Å². The molecule has 1 saturated heterocycles. The molecule has 0 aliphatic carbocycles. The second-order valence-corrected chi connectivity index (χ2v) is 3.43. The molecule has 1 aromatic carbocycles. The summed E-state index contributed by atoms with van der Waals surface area (Å²) in [5, 5.41) is 12.4. The number of hydrogen-bond donors (Lipinski definition) is 2. The molecule has 0 radical (unpaired) electrons. The average molecular weight is 262 g/mol. The first-order valence-electron chi connectivity index (χ1n) is 4.46. The van der Waals surface area contributed by atoms with Crippen LogP contribution in [-0.4, -0.2) is 18.2 Å². The molecule has 4 heteroatoms. The minimum absolute atomic E-state index is 0. The van der Waals surface area contributed by atoms with Gasteiger partial charge in [0.25, 0.3) is 0 Å². The summed E-state index contributed by atoms with van der Waals surface area (Å²) < 4.78 is 12.9. The van der Waals surface area contributed by atoms with Crippen molar-refractivity contribution >= 4 is 17.0 Å². The standard InChI is InChI=1S/C10H12FNO.BrH/c11-9-3-8(4-10(13)5-9)7-1-2-12-6-7;/h3-5,7,12-13H,1-2,6H2;1H. The van der Waals surface area contributed by atoms with Crippen molar-refractivity contribution in [2.24, 2.45) is 0 Å². The van der Waals surface area contributed by atoms with E-state index in [0.29, 0.717) is 5.92 Å². The number of benzene rings is 1. The van der Waals surface area contributed by atoms with Gasteiger partial charge in [0.2, 0.25) is 0 Å². The highest BCUT2D eigenvalue weighted by atomic mass is 79.9. The summed E-state index contributed by atoms with van der Waals surface area (Å²) in [7, 11) is 0. The first-order valence-corrected chi connectivity index (χ1v) is 4.46. The van der Waals surface area contributed by atoms with Gasteiger partial charge in [-0.3, -0.25) is 0 Å². The van der Waals surface area contributed by atoms with E-state index in [-0.39, 0.29) is 28.5 Å². The number of rotatable bonds is 1. The maximum Gasteiger partial charge on any atom is 0.127 e. The van der Waals surface area contributed by atoms with E-state index in [1.165, 1.54) is 6.07 Å². The highest BCUT2D eigenvalue weighted by Gasteiger charge is 2.17. The average Bonchev–Trinajstić information content (AvgIpc) is 2.53. The molecule has 0 bridgehead atoms. The third-order valence-corrected chi connectivity index (χ3v) is 2.44. The van der Waals surface area contributed by atoms with Crippen LogP contribution < -0.4 is 5.32 Å². The van der Waals surface area contributed by atoms with E-state index in [0.717, 1.165) is 31.1 Å². The Morgan fingerprint density at radius 3 is 2.71 bits per heavy atom. The van der Waals surface area contributed by atoms with Gasteiger partial charge in [0.05, 0.1) is 0 Å². The van der Waals surface area contributed by atoms with Crippen LogP contribution in [0.1, 0.15) is 17.9 Å². The molecule has 1 atom stereocenters. The largest absolute Gasteiger partial charge is 0.508 e. The fourth-order valence-corrected chi connectivity index (χ4v) is 1.77. The molecule has 0 amide bonds. The molecule has 1 aliphatic rings. The highest BCUT2D eigenvalue weighted by Crippen LogP contribution is 2.26. The van der Waals surface area contributed by atoms with Crippen LogP contribution in [0.4, 0.5) is 4.39 Å². The first kappa shape index (κ1) is 11.5. The molecule has 1 heterocycles. The molecule has 0 aromatic heterocycles. The van der Waals surface area contributed by atoms with Crippen LogP contribution in [0, 0.1) is 5.82 Å². The lowest BCUT2D eigenvalue weighted by Crippen LogP contribution is -2.07. The van der Waals surface area contributed by atoms with E-state index in [4.69, 9.17) is 0 Å². The molecular formula is C10H13BrFNO. The van der Waals surface area contributed by atoms with Gasteiger partial charge in [0.1, 0.15) is 11.6 Å². The number of phenols is 1. The Labute approximate surface area is 92.9 Å². The van der Waals surface area contributed by atoms with Gasteiger partial charge in [0.15, 0.2) is 0 Å². The normalized spacial score (nSPS) is 20.5. The van der Waals surface area contributed by atoms with E-state index in [1.807, 2.05) is 0 Å². The molecule has 2 rings (SSSR count). The predicted octanol–water partition coefficient (Wildman–Crippen LogP) is 2.19. The van der Waals surface area contributed by atoms with E-state index < -0.39 is 0 Å². The van der Waals surface area contributed by atoms with Crippen LogP contribution in [0.25, 0.3) is 0 Å². The summed E-state index contributed by atoms with van der Waals surface area (Å²) in [6.45, 7) is 1.85. The van der Waals surface area contributed by atoms with Crippen LogP contribution in [-0.2, 0) is 0 Å². The second kappa shape index (κ2) is 4.75. The Hall–Kier alpha value is -0.610. The Balaban J connectivity index is 0.000000980. The van der Waals surface area contributed by atoms with Crippen molar-refractivity contribution in [1.29, 1.82) is 0 Å². The molecule has 14 heavy (non-hydrogen) atoms. The Kier molecular flexibility index (Phi) is 3.89. The highest BCUT2D eigenvalue weighted by molar-refractivity contribution is 8.93. The smallest absolute Gasteiger partial charge is 0.127 e. The zero-order chi connectivity index (χ0) is 9.26. The van der Waals surface area contributed by atoms with Gasteiger partial charge in [-0.2, -0.15) is 0 Å². The number of halogens is 2. The maximum absolute atomic E-state index is 12.9. The fourth-order valence-electron chi connectivity index (χ4n) is 1.77. The minimum Gasteiger partial charge on any atom is -0.508 e. The molecular weight excluding hydrogens is 249 g/mol. The molecule has 78 valence electrons. The van der Waals surface area contributed by atoms with Crippen LogP contribution >= 0.6 is 17.0 Å². The van der Waals surface area contributed by atoms with Crippen molar-refractivity contribution in [1.82, 2.24) is 5.32 Å². The van der Waals surface area contributed by atoms with Crippen molar-refractivity contribution in [2.45, 2.75) is 12.3 Å². The number of nitrogens with one attached hydrogen (secondary N) is 1. The summed E-state index contributed by atoms with van der Waals surface area (Å²) >= 11 is 0.